The van der Waals surface area contributed by atoms with E-state index < -0.39 is 40.8 Å². The Morgan fingerprint density at radius 2 is 2.03 bits per heavy atom. The fraction of sp³-hybridized carbons (Fsp3) is 0.273. The van der Waals surface area contributed by atoms with Gasteiger partial charge in [-0.25, -0.2) is 14.4 Å². The van der Waals surface area contributed by atoms with Gasteiger partial charge in [0.2, 0.25) is 0 Å². The lowest BCUT2D eigenvalue weighted by Gasteiger charge is -2.44. The SMILES string of the molecule is CC=C1C[C@@](O)(C(F)(F)F)[C@@H](Nc2cccc3nc(C)ncc23)c2cc(Cl)c(F)c(O)c21. The van der Waals surface area contributed by atoms with E-state index >= 15 is 0 Å². The Labute approximate surface area is 185 Å². The first kappa shape index (κ1) is 22.3. The molecule has 1 aromatic heterocycles. The van der Waals surface area contributed by atoms with Gasteiger partial charge >= 0.3 is 6.18 Å². The number of aryl methyl sites for hydroxylation is 1. The van der Waals surface area contributed by atoms with Gasteiger partial charge in [0.05, 0.1) is 16.6 Å². The molecule has 0 amide bonds. The van der Waals surface area contributed by atoms with Crippen LogP contribution in [-0.4, -0.2) is 32.0 Å². The molecule has 0 radical (unpaired) electrons. The van der Waals surface area contributed by atoms with Gasteiger partial charge in [-0.2, -0.15) is 13.2 Å². The zero-order chi connectivity index (χ0) is 23.4. The van der Waals surface area contributed by atoms with Crippen LogP contribution < -0.4 is 5.32 Å². The number of halogens is 5. The van der Waals surface area contributed by atoms with Crippen LogP contribution in [0.25, 0.3) is 16.5 Å². The normalized spacial score (nSPS) is 22.2. The summed E-state index contributed by atoms with van der Waals surface area (Å²) in [6.45, 7) is 3.12. The van der Waals surface area contributed by atoms with Crippen molar-refractivity contribution in [1.82, 2.24) is 9.97 Å². The Hall–Kier alpha value is -2.91. The third kappa shape index (κ3) is 3.36. The van der Waals surface area contributed by atoms with Gasteiger partial charge in [0.15, 0.2) is 17.2 Å². The van der Waals surface area contributed by atoms with Crippen molar-refractivity contribution in [2.45, 2.75) is 38.1 Å². The zero-order valence-electron chi connectivity index (χ0n) is 16.9. The first-order chi connectivity index (χ1) is 15.0. The maximum atomic E-state index is 14.3. The van der Waals surface area contributed by atoms with Crippen LogP contribution in [0, 0.1) is 12.7 Å². The van der Waals surface area contributed by atoms with E-state index in [-0.39, 0.29) is 22.4 Å². The number of allylic oxidation sites excluding steroid dienone is 1. The molecule has 10 heteroatoms. The Morgan fingerprint density at radius 1 is 1.31 bits per heavy atom. The number of hydrogen-bond donors (Lipinski definition) is 3. The summed E-state index contributed by atoms with van der Waals surface area (Å²) in [6.07, 6.45) is -3.20. The number of fused-ring (bicyclic) bond motifs is 2. The molecule has 0 spiro atoms. The Balaban J connectivity index is 1.98. The molecule has 0 unspecified atom stereocenters. The van der Waals surface area contributed by atoms with Crippen molar-refractivity contribution in [1.29, 1.82) is 0 Å². The zero-order valence-corrected chi connectivity index (χ0v) is 17.7. The maximum Gasteiger partial charge on any atom is 0.419 e. The van der Waals surface area contributed by atoms with Gasteiger partial charge in [-0.3, -0.25) is 0 Å². The Kier molecular flexibility index (Phi) is 5.29. The molecular formula is C22H18ClF4N3O2. The lowest BCUT2D eigenvalue weighted by Crippen LogP contribution is -2.54. The molecule has 0 aliphatic heterocycles. The number of phenolic OH excluding ortho intramolecular Hbond substituents is 1. The molecule has 168 valence electrons. The maximum absolute atomic E-state index is 14.3. The summed E-state index contributed by atoms with van der Waals surface area (Å²) in [7, 11) is 0. The van der Waals surface area contributed by atoms with Gasteiger partial charge < -0.3 is 15.5 Å². The van der Waals surface area contributed by atoms with Gasteiger partial charge in [-0.05, 0) is 43.2 Å². The van der Waals surface area contributed by atoms with E-state index in [0.717, 1.165) is 6.07 Å². The number of aromatic nitrogens is 2. The number of anilines is 1. The highest BCUT2D eigenvalue weighted by Crippen LogP contribution is 2.55. The second kappa shape index (κ2) is 7.60. The van der Waals surface area contributed by atoms with Crippen molar-refractivity contribution in [3.8, 4) is 5.75 Å². The number of aliphatic hydroxyl groups is 1. The second-order valence-corrected chi connectivity index (χ2v) is 8.04. The number of aromatic hydroxyl groups is 1. The van der Waals surface area contributed by atoms with E-state index in [1.54, 1.807) is 19.1 Å². The van der Waals surface area contributed by atoms with Gasteiger partial charge in [0.25, 0.3) is 0 Å². The predicted molar refractivity (Wildman–Crippen MR) is 113 cm³/mol. The third-order valence-electron chi connectivity index (χ3n) is 5.68. The second-order valence-electron chi connectivity index (χ2n) is 7.63. The Bertz CT molecular complexity index is 1260. The number of phenols is 1. The molecule has 2 aromatic carbocycles. The molecule has 3 N–H and O–H groups in total. The molecule has 1 aliphatic rings. The summed E-state index contributed by atoms with van der Waals surface area (Å²) >= 11 is 5.86. The predicted octanol–water partition coefficient (Wildman–Crippen LogP) is 5.69. The minimum Gasteiger partial charge on any atom is -0.504 e. The van der Waals surface area contributed by atoms with E-state index in [0.29, 0.717) is 16.7 Å². The van der Waals surface area contributed by atoms with Crippen molar-refractivity contribution in [3.05, 3.63) is 64.3 Å². The van der Waals surface area contributed by atoms with E-state index in [9.17, 15) is 27.8 Å². The molecule has 4 rings (SSSR count). The molecule has 1 heterocycles. The topological polar surface area (TPSA) is 78.3 Å². The number of nitrogens with one attached hydrogen (secondary N) is 1. The standard InChI is InChI=1S/C22H18ClF4N3O2/c1-3-11-8-21(32,22(25,26)27)20(12-7-14(23)18(24)19(31)17(11)12)30-16-6-4-5-15-13(16)9-28-10(2)29-15/h3-7,9,20,30-32H,8H2,1-2H3/t20-,21-/m0/s1. The molecule has 2 atom stereocenters. The minimum atomic E-state index is -5.06. The average molecular weight is 468 g/mol. The van der Waals surface area contributed by atoms with Crippen LogP contribution in [0.2, 0.25) is 5.02 Å². The summed E-state index contributed by atoms with van der Waals surface area (Å²) in [5.41, 5.74) is -2.93. The van der Waals surface area contributed by atoms with E-state index in [2.05, 4.69) is 15.3 Å². The minimum absolute atomic E-state index is 0.0529. The van der Waals surface area contributed by atoms with E-state index in [4.69, 9.17) is 11.6 Å². The number of rotatable bonds is 2. The quantitative estimate of drug-likeness (QED) is 0.422. The fourth-order valence-electron chi connectivity index (χ4n) is 4.07. The average Bonchev–Trinajstić information content (AvgIpc) is 2.72. The Morgan fingerprint density at radius 3 is 2.69 bits per heavy atom. The van der Waals surface area contributed by atoms with Crippen LogP contribution in [-0.2, 0) is 0 Å². The highest BCUT2D eigenvalue weighted by molar-refractivity contribution is 6.31. The fourth-order valence-corrected chi connectivity index (χ4v) is 4.28. The molecule has 0 saturated heterocycles. The van der Waals surface area contributed by atoms with Crippen molar-refractivity contribution >= 4 is 33.8 Å². The lowest BCUT2D eigenvalue weighted by atomic mass is 9.72. The van der Waals surface area contributed by atoms with Crippen LogP contribution >= 0.6 is 11.6 Å². The number of benzene rings is 2. The number of hydrogen-bond acceptors (Lipinski definition) is 5. The highest BCUT2D eigenvalue weighted by atomic mass is 35.5. The van der Waals surface area contributed by atoms with Crippen molar-refractivity contribution in [3.63, 3.8) is 0 Å². The first-order valence-electron chi connectivity index (χ1n) is 9.62. The molecular weight excluding hydrogens is 450 g/mol. The molecule has 0 bridgehead atoms. The summed E-state index contributed by atoms with van der Waals surface area (Å²) in [6, 6.07) is 3.98. The summed E-state index contributed by atoms with van der Waals surface area (Å²) in [5.74, 6) is -1.53. The number of nitrogens with zero attached hydrogens (tertiary/aromatic N) is 2. The van der Waals surface area contributed by atoms with Gasteiger partial charge in [0, 0.05) is 29.3 Å². The van der Waals surface area contributed by atoms with Gasteiger partial charge in [-0.1, -0.05) is 23.7 Å². The van der Waals surface area contributed by atoms with E-state index in [1.165, 1.54) is 25.3 Å². The molecule has 32 heavy (non-hydrogen) atoms. The lowest BCUT2D eigenvalue weighted by molar-refractivity contribution is -0.265. The largest absolute Gasteiger partial charge is 0.504 e. The summed E-state index contributed by atoms with van der Waals surface area (Å²) in [4.78, 5) is 8.37. The highest BCUT2D eigenvalue weighted by Gasteiger charge is 2.62. The van der Waals surface area contributed by atoms with Crippen LogP contribution in [0.5, 0.6) is 5.75 Å². The van der Waals surface area contributed by atoms with Crippen molar-refractivity contribution < 1.29 is 27.8 Å². The molecule has 3 aromatic rings. The van der Waals surface area contributed by atoms with Gasteiger partial charge in [-0.15, -0.1) is 0 Å². The first-order valence-corrected chi connectivity index (χ1v) is 10.00. The molecule has 1 aliphatic carbocycles. The van der Waals surface area contributed by atoms with Gasteiger partial charge in [0.1, 0.15) is 5.82 Å². The summed E-state index contributed by atoms with van der Waals surface area (Å²) in [5, 5.41) is 24.0. The van der Waals surface area contributed by atoms with Crippen molar-refractivity contribution in [2.75, 3.05) is 5.32 Å². The summed E-state index contributed by atoms with van der Waals surface area (Å²) < 4.78 is 57.0. The van der Waals surface area contributed by atoms with E-state index in [1.807, 2.05) is 0 Å². The molecule has 5 nitrogen and oxygen atoms in total. The van der Waals surface area contributed by atoms with Crippen LogP contribution in [0.1, 0.15) is 36.3 Å². The van der Waals surface area contributed by atoms with Crippen molar-refractivity contribution in [2.24, 2.45) is 0 Å². The molecule has 0 saturated carbocycles. The van der Waals surface area contributed by atoms with Crippen LogP contribution in [0.15, 0.2) is 36.5 Å². The number of alkyl halides is 3. The monoisotopic (exact) mass is 467 g/mol. The molecule has 0 fully saturated rings. The smallest absolute Gasteiger partial charge is 0.419 e. The van der Waals surface area contributed by atoms with Crippen LogP contribution in [0.4, 0.5) is 23.2 Å². The third-order valence-corrected chi connectivity index (χ3v) is 5.95. The van der Waals surface area contributed by atoms with Crippen LogP contribution in [0.3, 0.4) is 0 Å².